The highest BCUT2D eigenvalue weighted by Crippen LogP contribution is 2.20. The molecule has 2 heterocycles. The highest BCUT2D eigenvalue weighted by molar-refractivity contribution is 5.85. The maximum atomic E-state index is 3.34. The van der Waals surface area contributed by atoms with Gasteiger partial charge in [-0.05, 0) is 18.8 Å². The van der Waals surface area contributed by atoms with E-state index in [2.05, 4.69) is 10.4 Å². The average molecular weight is 185 g/mol. The molecule has 2 bridgehead atoms. The lowest BCUT2D eigenvalue weighted by Gasteiger charge is -2.22. The lowest BCUT2D eigenvalue weighted by molar-refractivity contribution is 0.190. The second kappa shape index (κ2) is 4.39. The molecule has 0 aromatic heterocycles. The minimum absolute atomic E-state index is 0. The number of nitrogens with one attached hydrogen (secondary N) is 1. The van der Waals surface area contributed by atoms with Crippen molar-refractivity contribution in [1.82, 2.24) is 10.4 Å². The van der Waals surface area contributed by atoms with Crippen molar-refractivity contribution in [3.05, 3.63) is 0 Å². The van der Waals surface area contributed by atoms with Crippen molar-refractivity contribution in [3.8, 4) is 0 Å². The van der Waals surface area contributed by atoms with Crippen molar-refractivity contribution >= 4 is 24.8 Å². The van der Waals surface area contributed by atoms with E-state index in [0.717, 1.165) is 5.92 Å². The summed E-state index contributed by atoms with van der Waals surface area (Å²) < 4.78 is 0. The van der Waals surface area contributed by atoms with Crippen molar-refractivity contribution < 1.29 is 0 Å². The molecule has 2 rings (SSSR count). The Morgan fingerprint density at radius 3 is 2.60 bits per heavy atom. The number of rotatable bonds is 0. The quantitative estimate of drug-likeness (QED) is 0.607. The van der Waals surface area contributed by atoms with E-state index in [0.29, 0.717) is 0 Å². The third-order valence-electron chi connectivity index (χ3n) is 2.17. The summed E-state index contributed by atoms with van der Waals surface area (Å²) in [4.78, 5) is 0. The fourth-order valence-corrected chi connectivity index (χ4v) is 1.64. The molecular weight excluding hydrogens is 171 g/mol. The third-order valence-corrected chi connectivity index (χ3v) is 2.17. The molecule has 0 aliphatic carbocycles. The molecule has 2 aliphatic heterocycles. The normalized spacial score (nSPS) is 36.0. The molecule has 0 aromatic carbocycles. The van der Waals surface area contributed by atoms with Crippen molar-refractivity contribution in [3.63, 3.8) is 0 Å². The van der Waals surface area contributed by atoms with E-state index < -0.39 is 0 Å². The summed E-state index contributed by atoms with van der Waals surface area (Å²) in [5.41, 5.74) is 3.34. The van der Waals surface area contributed by atoms with Crippen LogP contribution in [0.25, 0.3) is 0 Å². The summed E-state index contributed by atoms with van der Waals surface area (Å²) in [5, 5.41) is 2.34. The molecule has 4 heteroatoms. The van der Waals surface area contributed by atoms with Crippen LogP contribution in [-0.4, -0.2) is 24.6 Å². The van der Waals surface area contributed by atoms with E-state index in [9.17, 15) is 0 Å². The Hall–Kier alpha value is 0.500. The first kappa shape index (κ1) is 10.5. The average Bonchev–Trinajstić information content (AvgIpc) is 2.12. The minimum Gasteiger partial charge on any atom is -0.255 e. The van der Waals surface area contributed by atoms with Gasteiger partial charge < -0.3 is 0 Å². The zero-order valence-electron chi connectivity index (χ0n) is 5.88. The SMILES string of the molecule is C1CC2CCN(C2)N1.Cl.Cl. The molecule has 0 saturated carbocycles. The molecular formula is C6H14Cl2N2. The van der Waals surface area contributed by atoms with Gasteiger partial charge in [-0.1, -0.05) is 0 Å². The van der Waals surface area contributed by atoms with Crippen LogP contribution in [0.4, 0.5) is 0 Å². The smallest absolute Gasteiger partial charge is 0.0160 e. The molecule has 0 amide bonds. The van der Waals surface area contributed by atoms with Crippen molar-refractivity contribution in [2.24, 2.45) is 5.92 Å². The van der Waals surface area contributed by atoms with Gasteiger partial charge in [-0.2, -0.15) is 0 Å². The highest BCUT2D eigenvalue weighted by atomic mass is 35.5. The molecule has 0 aromatic rings. The number of fused-ring (bicyclic) bond motifs is 2. The molecule has 10 heavy (non-hydrogen) atoms. The van der Waals surface area contributed by atoms with Crippen LogP contribution in [0.2, 0.25) is 0 Å². The lowest BCUT2D eigenvalue weighted by atomic mass is 10.1. The van der Waals surface area contributed by atoms with Crippen molar-refractivity contribution in [1.29, 1.82) is 0 Å². The number of hydrazine groups is 1. The van der Waals surface area contributed by atoms with Gasteiger partial charge in [-0.15, -0.1) is 24.8 Å². The second-order valence-corrected chi connectivity index (χ2v) is 2.80. The highest BCUT2D eigenvalue weighted by Gasteiger charge is 2.25. The topological polar surface area (TPSA) is 15.3 Å². The zero-order valence-corrected chi connectivity index (χ0v) is 7.51. The molecule has 0 radical (unpaired) electrons. The minimum atomic E-state index is 0. The third kappa shape index (κ3) is 1.99. The van der Waals surface area contributed by atoms with Gasteiger partial charge in [0.25, 0.3) is 0 Å². The van der Waals surface area contributed by atoms with Crippen LogP contribution in [0.15, 0.2) is 0 Å². The summed E-state index contributed by atoms with van der Waals surface area (Å²) in [6, 6.07) is 0. The largest absolute Gasteiger partial charge is 0.255 e. The van der Waals surface area contributed by atoms with Crippen molar-refractivity contribution in [2.45, 2.75) is 12.8 Å². The summed E-state index contributed by atoms with van der Waals surface area (Å²) in [6.45, 7) is 3.80. The number of hydrogen-bond acceptors (Lipinski definition) is 2. The Kier molecular flexibility index (Phi) is 4.61. The first-order chi connectivity index (χ1) is 3.95. The van der Waals surface area contributed by atoms with Gasteiger partial charge in [-0.3, -0.25) is 5.43 Å². The van der Waals surface area contributed by atoms with Crippen LogP contribution in [0, 0.1) is 5.92 Å². The molecule has 2 fully saturated rings. The summed E-state index contributed by atoms with van der Waals surface area (Å²) in [5.74, 6) is 1.02. The van der Waals surface area contributed by atoms with Crippen LogP contribution >= 0.6 is 24.8 Å². The van der Waals surface area contributed by atoms with E-state index in [4.69, 9.17) is 0 Å². The lowest BCUT2D eigenvalue weighted by Crippen LogP contribution is -2.40. The number of halogens is 2. The molecule has 2 aliphatic rings. The van der Waals surface area contributed by atoms with Gasteiger partial charge in [0.05, 0.1) is 0 Å². The predicted molar refractivity (Wildman–Crippen MR) is 46.8 cm³/mol. The van der Waals surface area contributed by atoms with Crippen LogP contribution in [0.1, 0.15) is 12.8 Å². The van der Waals surface area contributed by atoms with Gasteiger partial charge in [0, 0.05) is 19.6 Å². The van der Waals surface area contributed by atoms with Gasteiger partial charge in [0.1, 0.15) is 0 Å². The Balaban J connectivity index is 0.000000405. The van der Waals surface area contributed by atoms with E-state index >= 15 is 0 Å². The molecule has 0 spiro atoms. The van der Waals surface area contributed by atoms with Gasteiger partial charge in [0.2, 0.25) is 0 Å². The maximum Gasteiger partial charge on any atom is 0.0160 e. The fraction of sp³-hybridized carbons (Fsp3) is 1.00. The van der Waals surface area contributed by atoms with Crippen LogP contribution in [0.3, 0.4) is 0 Å². The molecule has 2 unspecified atom stereocenters. The Labute approximate surface area is 74.1 Å². The standard InChI is InChI=1S/C6H12N2.2ClH/c1-3-7-8-4-2-6(1)5-8;;/h6-7H,1-5H2;2*1H. The number of hydrogen-bond donors (Lipinski definition) is 1. The first-order valence-corrected chi connectivity index (χ1v) is 3.43. The molecule has 62 valence electrons. The molecule has 1 N–H and O–H groups in total. The van der Waals surface area contributed by atoms with E-state index in [1.807, 2.05) is 0 Å². The van der Waals surface area contributed by atoms with Crippen LogP contribution < -0.4 is 5.43 Å². The zero-order chi connectivity index (χ0) is 5.40. The molecule has 2 saturated heterocycles. The van der Waals surface area contributed by atoms with Crippen LogP contribution in [0.5, 0.6) is 0 Å². The summed E-state index contributed by atoms with van der Waals surface area (Å²) >= 11 is 0. The van der Waals surface area contributed by atoms with E-state index in [-0.39, 0.29) is 24.8 Å². The number of nitrogens with zero attached hydrogens (tertiary/aromatic N) is 1. The summed E-state index contributed by atoms with van der Waals surface area (Å²) in [7, 11) is 0. The Morgan fingerprint density at radius 1 is 1.20 bits per heavy atom. The van der Waals surface area contributed by atoms with Gasteiger partial charge >= 0.3 is 0 Å². The monoisotopic (exact) mass is 184 g/mol. The van der Waals surface area contributed by atoms with Gasteiger partial charge in [-0.25, -0.2) is 5.01 Å². The van der Waals surface area contributed by atoms with Crippen molar-refractivity contribution in [2.75, 3.05) is 19.6 Å². The Morgan fingerprint density at radius 2 is 2.00 bits per heavy atom. The maximum absolute atomic E-state index is 3.34. The van der Waals surface area contributed by atoms with E-state index in [1.165, 1.54) is 32.5 Å². The second-order valence-electron chi connectivity index (χ2n) is 2.80. The fourth-order valence-electron chi connectivity index (χ4n) is 1.64. The Bertz CT molecular complexity index is 85.7. The molecule has 2 atom stereocenters. The van der Waals surface area contributed by atoms with Crippen LogP contribution in [-0.2, 0) is 0 Å². The van der Waals surface area contributed by atoms with Gasteiger partial charge in [0.15, 0.2) is 0 Å². The summed E-state index contributed by atoms with van der Waals surface area (Å²) in [6.07, 6.45) is 2.82. The first-order valence-electron chi connectivity index (χ1n) is 3.43. The molecule has 2 nitrogen and oxygen atoms in total. The van der Waals surface area contributed by atoms with E-state index in [1.54, 1.807) is 0 Å². The predicted octanol–water partition coefficient (Wildman–Crippen LogP) is 1.06.